The van der Waals surface area contributed by atoms with Crippen molar-refractivity contribution in [1.29, 1.82) is 0 Å². The Morgan fingerprint density at radius 2 is 1.53 bits per heavy atom. The largest absolute Gasteiger partial charge is 0.480 e. The van der Waals surface area contributed by atoms with E-state index in [0.29, 0.717) is 5.69 Å². The molecule has 4 aromatic rings. The van der Waals surface area contributed by atoms with Crippen LogP contribution in [0.3, 0.4) is 0 Å². The number of ether oxygens (including phenoxy) is 1. The number of hydrogen-bond donors (Lipinski definition) is 2. The molecule has 1 heterocycles. The fourth-order valence-electron chi connectivity index (χ4n) is 4.48. The molecule has 170 valence electrons. The molecule has 0 aliphatic heterocycles. The van der Waals surface area contributed by atoms with Crippen LogP contribution < -0.4 is 5.32 Å². The minimum Gasteiger partial charge on any atom is -0.480 e. The first kappa shape index (κ1) is 21.5. The summed E-state index contributed by atoms with van der Waals surface area (Å²) in [6, 6.07) is 26.1. The molecule has 1 atom stereocenters. The van der Waals surface area contributed by atoms with Gasteiger partial charge in [-0.1, -0.05) is 66.7 Å². The minimum atomic E-state index is -1.16. The van der Waals surface area contributed by atoms with Crippen LogP contribution in [0.5, 0.6) is 0 Å². The number of hydrogen-bond acceptors (Lipinski definition) is 4. The molecule has 1 aliphatic rings. The van der Waals surface area contributed by atoms with Crippen molar-refractivity contribution in [3.8, 4) is 16.8 Å². The number of nitrogens with one attached hydrogen (secondary N) is 1. The second-order valence-corrected chi connectivity index (χ2v) is 8.13. The van der Waals surface area contributed by atoms with E-state index in [1.165, 1.54) is 0 Å². The van der Waals surface area contributed by atoms with E-state index in [4.69, 9.17) is 4.74 Å². The summed E-state index contributed by atoms with van der Waals surface area (Å²) in [6.45, 7) is 0.119. The molecule has 2 N–H and O–H groups in total. The highest BCUT2D eigenvalue weighted by atomic mass is 16.5. The number of rotatable bonds is 7. The van der Waals surface area contributed by atoms with E-state index in [2.05, 4.69) is 22.5 Å². The van der Waals surface area contributed by atoms with Crippen LogP contribution in [-0.2, 0) is 16.0 Å². The van der Waals surface area contributed by atoms with Crippen molar-refractivity contribution in [3.05, 3.63) is 108 Å². The number of aromatic nitrogens is 2. The Morgan fingerprint density at radius 1 is 0.912 bits per heavy atom. The van der Waals surface area contributed by atoms with Gasteiger partial charge in [-0.3, -0.25) is 0 Å². The number of amides is 1. The van der Waals surface area contributed by atoms with Gasteiger partial charge in [0, 0.05) is 24.2 Å². The monoisotopic (exact) mass is 453 g/mol. The molecule has 0 saturated heterocycles. The number of fused-ring (bicyclic) bond motifs is 3. The summed E-state index contributed by atoms with van der Waals surface area (Å²) in [6.07, 6.45) is 0.906. The zero-order chi connectivity index (χ0) is 23.5. The fraction of sp³-hybridized carbons (Fsp3) is 0.148. The van der Waals surface area contributed by atoms with Gasteiger partial charge in [0.2, 0.25) is 0 Å². The van der Waals surface area contributed by atoms with Crippen molar-refractivity contribution in [2.24, 2.45) is 0 Å². The van der Waals surface area contributed by atoms with Crippen molar-refractivity contribution in [3.63, 3.8) is 0 Å². The first-order chi connectivity index (χ1) is 16.6. The number of benzene rings is 3. The Morgan fingerprint density at radius 3 is 2.18 bits per heavy atom. The van der Waals surface area contributed by atoms with E-state index in [0.717, 1.165) is 27.9 Å². The van der Waals surface area contributed by atoms with Crippen LogP contribution in [-0.4, -0.2) is 39.6 Å². The quantitative estimate of drug-likeness (QED) is 0.432. The van der Waals surface area contributed by atoms with Crippen molar-refractivity contribution in [1.82, 2.24) is 15.1 Å². The molecule has 34 heavy (non-hydrogen) atoms. The van der Waals surface area contributed by atoms with Gasteiger partial charge in [0.25, 0.3) is 0 Å². The Bertz CT molecular complexity index is 1290. The van der Waals surface area contributed by atoms with Crippen molar-refractivity contribution < 1.29 is 19.4 Å². The van der Waals surface area contributed by atoms with Gasteiger partial charge in [-0.25, -0.2) is 14.3 Å². The van der Waals surface area contributed by atoms with Crippen LogP contribution in [0, 0.1) is 0 Å². The number of carbonyl (C=O) groups is 2. The Balaban J connectivity index is 1.27. The van der Waals surface area contributed by atoms with Crippen LogP contribution in [0.1, 0.15) is 22.7 Å². The summed E-state index contributed by atoms with van der Waals surface area (Å²) >= 11 is 0. The van der Waals surface area contributed by atoms with Gasteiger partial charge in [-0.15, -0.1) is 0 Å². The molecule has 7 heteroatoms. The van der Waals surface area contributed by atoms with E-state index in [1.54, 1.807) is 16.9 Å². The number of carboxylic acids is 1. The van der Waals surface area contributed by atoms with Gasteiger partial charge in [-0.2, -0.15) is 5.10 Å². The average molecular weight is 453 g/mol. The molecule has 0 fully saturated rings. The van der Waals surface area contributed by atoms with E-state index in [1.807, 2.05) is 66.7 Å². The van der Waals surface area contributed by atoms with Gasteiger partial charge in [-0.05, 0) is 40.5 Å². The topological polar surface area (TPSA) is 93.5 Å². The van der Waals surface area contributed by atoms with Gasteiger partial charge in [0.1, 0.15) is 12.6 Å². The smallest absolute Gasteiger partial charge is 0.407 e. The van der Waals surface area contributed by atoms with Crippen molar-refractivity contribution in [2.45, 2.75) is 18.4 Å². The number of alkyl carbamates (subject to hydrolysis) is 1. The summed E-state index contributed by atoms with van der Waals surface area (Å²) in [7, 11) is 0. The highest BCUT2D eigenvalue weighted by molar-refractivity contribution is 5.81. The molecule has 1 aromatic heterocycles. The third kappa shape index (κ3) is 4.15. The highest BCUT2D eigenvalue weighted by Gasteiger charge is 2.30. The maximum Gasteiger partial charge on any atom is 0.407 e. The number of aliphatic carboxylic acids is 1. The minimum absolute atomic E-state index is 0.0639. The lowest BCUT2D eigenvalue weighted by atomic mass is 9.98. The van der Waals surface area contributed by atoms with E-state index in [-0.39, 0.29) is 18.9 Å². The molecular formula is C27H23N3O4. The van der Waals surface area contributed by atoms with Crippen LogP contribution in [0.2, 0.25) is 0 Å². The number of carbonyl (C=O) groups excluding carboxylic acids is 1. The normalized spacial score (nSPS) is 13.1. The summed E-state index contributed by atoms with van der Waals surface area (Å²) < 4.78 is 7.18. The molecule has 0 radical (unpaired) electrons. The zero-order valence-electron chi connectivity index (χ0n) is 18.3. The maximum atomic E-state index is 12.6. The van der Waals surface area contributed by atoms with Crippen LogP contribution in [0.15, 0.2) is 91.1 Å². The number of para-hydroxylation sites is 1. The van der Waals surface area contributed by atoms with Crippen molar-refractivity contribution >= 4 is 12.1 Å². The predicted molar refractivity (Wildman–Crippen MR) is 127 cm³/mol. The van der Waals surface area contributed by atoms with Gasteiger partial charge < -0.3 is 15.2 Å². The molecule has 1 aliphatic carbocycles. The molecule has 3 aromatic carbocycles. The first-order valence-electron chi connectivity index (χ1n) is 11.0. The zero-order valence-corrected chi connectivity index (χ0v) is 18.3. The molecule has 0 saturated carbocycles. The van der Waals surface area contributed by atoms with Crippen LogP contribution >= 0.6 is 0 Å². The lowest BCUT2D eigenvalue weighted by Gasteiger charge is -2.18. The third-order valence-corrected chi connectivity index (χ3v) is 6.07. The molecule has 0 bridgehead atoms. The Labute approximate surface area is 196 Å². The third-order valence-electron chi connectivity index (χ3n) is 6.07. The highest BCUT2D eigenvalue weighted by Crippen LogP contribution is 2.44. The molecule has 7 nitrogen and oxygen atoms in total. The molecule has 1 unspecified atom stereocenters. The maximum absolute atomic E-state index is 12.6. The predicted octanol–water partition coefficient (Wildman–Crippen LogP) is 4.41. The van der Waals surface area contributed by atoms with E-state index in [9.17, 15) is 14.7 Å². The van der Waals surface area contributed by atoms with Crippen molar-refractivity contribution in [2.75, 3.05) is 6.61 Å². The summed E-state index contributed by atoms with van der Waals surface area (Å²) in [5, 5.41) is 16.5. The molecular weight excluding hydrogens is 430 g/mol. The molecule has 5 rings (SSSR count). The number of carboxylic acid groups (broad SMARTS) is 1. The lowest BCUT2D eigenvalue weighted by molar-refractivity contribution is -0.139. The summed E-state index contributed by atoms with van der Waals surface area (Å²) in [4.78, 5) is 24.5. The van der Waals surface area contributed by atoms with Gasteiger partial charge >= 0.3 is 12.1 Å². The average Bonchev–Trinajstić information content (AvgIpc) is 3.45. The standard InChI is InChI=1S/C27H23N3O4/c31-26(32)25(16-19-14-15-28-30(19)18-8-2-1-3-9-18)29-27(33)34-17-24-22-12-6-4-10-20(22)21-11-5-7-13-23(21)24/h1-15,24-25H,16-17H2,(H,29,33)(H,31,32). The van der Waals surface area contributed by atoms with E-state index < -0.39 is 18.1 Å². The van der Waals surface area contributed by atoms with E-state index >= 15 is 0 Å². The summed E-state index contributed by atoms with van der Waals surface area (Å²) in [5.41, 5.74) is 5.93. The fourth-order valence-corrected chi connectivity index (χ4v) is 4.48. The molecule has 0 spiro atoms. The molecule has 1 amide bonds. The van der Waals surface area contributed by atoms with Crippen LogP contribution in [0.4, 0.5) is 4.79 Å². The van der Waals surface area contributed by atoms with Gasteiger partial charge in [0.15, 0.2) is 0 Å². The first-order valence-corrected chi connectivity index (χ1v) is 11.0. The second kappa shape index (κ2) is 9.23. The summed E-state index contributed by atoms with van der Waals surface area (Å²) in [5.74, 6) is -1.24. The van der Waals surface area contributed by atoms with Gasteiger partial charge in [0.05, 0.1) is 5.69 Å². The SMILES string of the molecule is O=C(NC(Cc1ccnn1-c1ccccc1)C(=O)O)OCC1c2ccccc2-c2ccccc21. The van der Waals surface area contributed by atoms with Crippen LogP contribution in [0.25, 0.3) is 16.8 Å². The Kier molecular flexibility index (Phi) is 5.82. The number of nitrogens with zero attached hydrogens (tertiary/aromatic N) is 2. The Hall–Kier alpha value is -4.39. The lowest BCUT2D eigenvalue weighted by Crippen LogP contribution is -2.43. The second-order valence-electron chi connectivity index (χ2n) is 8.13.